The van der Waals surface area contributed by atoms with E-state index in [1.165, 1.54) is 0 Å². The first-order valence-corrected chi connectivity index (χ1v) is 6.21. The zero-order chi connectivity index (χ0) is 14.4. The third-order valence-corrected chi connectivity index (χ3v) is 2.97. The van der Waals surface area contributed by atoms with Gasteiger partial charge in [-0.2, -0.15) is 5.26 Å². The standard InChI is InChI=1S/C14H16N4O2/c1-19-9-10(20-2)8-16-14-11-5-3-4-6-12(11)17-18-13(14)7-15/h3-6,10H,8-9H2,1-2H3,(H,16,17). The van der Waals surface area contributed by atoms with Crippen molar-refractivity contribution in [3.05, 3.63) is 30.0 Å². The van der Waals surface area contributed by atoms with E-state index in [0.29, 0.717) is 18.8 Å². The van der Waals surface area contributed by atoms with Gasteiger partial charge in [0.25, 0.3) is 0 Å². The molecule has 2 rings (SSSR count). The maximum Gasteiger partial charge on any atom is 0.186 e. The quantitative estimate of drug-likeness (QED) is 0.860. The number of nitrogens with zero attached hydrogens (tertiary/aromatic N) is 3. The molecule has 0 aliphatic rings. The molecule has 1 aromatic heterocycles. The van der Waals surface area contributed by atoms with E-state index in [4.69, 9.17) is 14.7 Å². The van der Waals surface area contributed by atoms with Gasteiger partial charge in [0.2, 0.25) is 0 Å². The maximum atomic E-state index is 9.16. The average molecular weight is 272 g/mol. The van der Waals surface area contributed by atoms with Gasteiger partial charge in [-0.3, -0.25) is 0 Å². The van der Waals surface area contributed by atoms with Crippen molar-refractivity contribution < 1.29 is 9.47 Å². The van der Waals surface area contributed by atoms with E-state index in [0.717, 1.165) is 10.9 Å². The van der Waals surface area contributed by atoms with E-state index in [1.807, 2.05) is 24.3 Å². The minimum Gasteiger partial charge on any atom is -0.382 e. The fourth-order valence-electron chi connectivity index (χ4n) is 1.92. The molecule has 0 spiro atoms. The predicted molar refractivity (Wildman–Crippen MR) is 75.4 cm³/mol. The second-order valence-corrected chi connectivity index (χ2v) is 4.25. The number of methoxy groups -OCH3 is 2. The third-order valence-electron chi connectivity index (χ3n) is 2.97. The lowest BCUT2D eigenvalue weighted by atomic mass is 10.1. The minimum absolute atomic E-state index is 0.0986. The van der Waals surface area contributed by atoms with Crippen LogP contribution in [0.25, 0.3) is 10.9 Å². The van der Waals surface area contributed by atoms with Gasteiger partial charge < -0.3 is 14.8 Å². The van der Waals surface area contributed by atoms with Gasteiger partial charge in [0.05, 0.1) is 23.9 Å². The molecular formula is C14H16N4O2. The topological polar surface area (TPSA) is 80.1 Å². The lowest BCUT2D eigenvalue weighted by Crippen LogP contribution is -2.27. The summed E-state index contributed by atoms with van der Waals surface area (Å²) >= 11 is 0. The molecule has 20 heavy (non-hydrogen) atoms. The Hall–Kier alpha value is -2.23. The van der Waals surface area contributed by atoms with Crippen molar-refractivity contribution in [2.24, 2.45) is 0 Å². The van der Waals surface area contributed by atoms with E-state index in [9.17, 15) is 0 Å². The van der Waals surface area contributed by atoms with Gasteiger partial charge in [0.1, 0.15) is 6.07 Å². The molecule has 104 valence electrons. The smallest absolute Gasteiger partial charge is 0.186 e. The van der Waals surface area contributed by atoms with Gasteiger partial charge in [0.15, 0.2) is 5.69 Å². The molecule has 6 nitrogen and oxygen atoms in total. The Morgan fingerprint density at radius 1 is 1.30 bits per heavy atom. The Balaban J connectivity index is 2.30. The second kappa shape index (κ2) is 6.80. The van der Waals surface area contributed by atoms with Crippen molar-refractivity contribution in [2.45, 2.75) is 6.10 Å². The van der Waals surface area contributed by atoms with Crippen LogP contribution in [0.4, 0.5) is 5.69 Å². The molecule has 0 radical (unpaired) electrons. The summed E-state index contributed by atoms with van der Waals surface area (Å²) in [5, 5.41) is 21.2. The highest BCUT2D eigenvalue weighted by molar-refractivity contribution is 5.92. The number of rotatable bonds is 6. The highest BCUT2D eigenvalue weighted by atomic mass is 16.5. The van der Waals surface area contributed by atoms with Crippen LogP contribution in [-0.4, -0.2) is 43.7 Å². The number of nitriles is 1. The second-order valence-electron chi connectivity index (χ2n) is 4.25. The number of anilines is 1. The monoisotopic (exact) mass is 272 g/mol. The average Bonchev–Trinajstić information content (AvgIpc) is 2.51. The number of hydrogen-bond donors (Lipinski definition) is 1. The first-order valence-electron chi connectivity index (χ1n) is 6.21. The molecule has 0 saturated carbocycles. The van der Waals surface area contributed by atoms with Crippen LogP contribution in [0.1, 0.15) is 5.69 Å². The summed E-state index contributed by atoms with van der Waals surface area (Å²) < 4.78 is 10.4. The van der Waals surface area contributed by atoms with Crippen LogP contribution in [-0.2, 0) is 9.47 Å². The molecular weight excluding hydrogens is 256 g/mol. The van der Waals surface area contributed by atoms with Crippen molar-refractivity contribution in [2.75, 3.05) is 32.7 Å². The van der Waals surface area contributed by atoms with E-state index >= 15 is 0 Å². The van der Waals surface area contributed by atoms with Crippen molar-refractivity contribution in [3.8, 4) is 6.07 Å². The van der Waals surface area contributed by atoms with Crippen LogP contribution >= 0.6 is 0 Å². The number of aromatic nitrogens is 2. The molecule has 0 amide bonds. The Bertz CT molecular complexity index is 624. The minimum atomic E-state index is -0.0986. The number of hydrogen-bond acceptors (Lipinski definition) is 6. The predicted octanol–water partition coefficient (Wildman–Crippen LogP) is 1.57. The Kier molecular flexibility index (Phi) is 4.82. The summed E-state index contributed by atoms with van der Waals surface area (Å²) in [5.41, 5.74) is 1.70. The van der Waals surface area contributed by atoms with E-state index in [-0.39, 0.29) is 11.8 Å². The van der Waals surface area contributed by atoms with Crippen LogP contribution in [0.2, 0.25) is 0 Å². The molecule has 1 unspecified atom stereocenters. The highest BCUT2D eigenvalue weighted by Gasteiger charge is 2.12. The molecule has 0 fully saturated rings. The van der Waals surface area contributed by atoms with Gasteiger partial charge >= 0.3 is 0 Å². The summed E-state index contributed by atoms with van der Waals surface area (Å²) in [6, 6.07) is 9.61. The number of ether oxygens (including phenoxy) is 2. The van der Waals surface area contributed by atoms with Gasteiger partial charge in [-0.1, -0.05) is 18.2 Å². The summed E-state index contributed by atoms with van der Waals surface area (Å²) in [7, 11) is 3.25. The van der Waals surface area contributed by atoms with E-state index < -0.39 is 0 Å². The highest BCUT2D eigenvalue weighted by Crippen LogP contribution is 2.23. The Morgan fingerprint density at radius 2 is 2.10 bits per heavy atom. The lowest BCUT2D eigenvalue weighted by Gasteiger charge is -2.17. The largest absolute Gasteiger partial charge is 0.382 e. The van der Waals surface area contributed by atoms with Crippen LogP contribution in [0.15, 0.2) is 24.3 Å². The van der Waals surface area contributed by atoms with Gasteiger partial charge in [-0.25, -0.2) is 0 Å². The Morgan fingerprint density at radius 3 is 2.80 bits per heavy atom. The van der Waals surface area contributed by atoms with E-state index in [1.54, 1.807) is 14.2 Å². The molecule has 6 heteroatoms. The number of nitrogens with one attached hydrogen (secondary N) is 1. The molecule has 1 N–H and O–H groups in total. The molecule has 0 aliphatic heterocycles. The van der Waals surface area contributed by atoms with Crippen molar-refractivity contribution >= 4 is 16.6 Å². The summed E-state index contributed by atoms with van der Waals surface area (Å²) in [6.45, 7) is 0.997. The summed E-state index contributed by atoms with van der Waals surface area (Å²) in [6.07, 6.45) is -0.0986. The van der Waals surface area contributed by atoms with Gasteiger partial charge in [-0.15, -0.1) is 10.2 Å². The molecule has 1 heterocycles. The van der Waals surface area contributed by atoms with Crippen LogP contribution in [0.3, 0.4) is 0 Å². The van der Waals surface area contributed by atoms with Crippen LogP contribution in [0, 0.1) is 11.3 Å². The van der Waals surface area contributed by atoms with Gasteiger partial charge in [-0.05, 0) is 6.07 Å². The molecule has 0 saturated heterocycles. The van der Waals surface area contributed by atoms with Gasteiger partial charge in [0, 0.05) is 26.2 Å². The van der Waals surface area contributed by atoms with Crippen molar-refractivity contribution in [3.63, 3.8) is 0 Å². The third kappa shape index (κ3) is 3.02. The fraction of sp³-hybridized carbons (Fsp3) is 0.357. The number of benzene rings is 1. The summed E-state index contributed by atoms with van der Waals surface area (Å²) in [5.74, 6) is 0. The zero-order valence-corrected chi connectivity index (χ0v) is 11.5. The zero-order valence-electron chi connectivity index (χ0n) is 11.5. The first-order chi connectivity index (χ1) is 9.80. The normalized spacial score (nSPS) is 12.1. The molecule has 0 bridgehead atoms. The maximum absolute atomic E-state index is 9.16. The van der Waals surface area contributed by atoms with Crippen LogP contribution < -0.4 is 5.32 Å². The molecule has 1 atom stereocenters. The SMILES string of the molecule is COCC(CNc1c(C#N)nnc2ccccc12)OC. The van der Waals surface area contributed by atoms with Crippen LogP contribution in [0.5, 0.6) is 0 Å². The molecule has 2 aromatic rings. The Labute approximate surface area is 117 Å². The fourth-order valence-corrected chi connectivity index (χ4v) is 1.92. The first kappa shape index (κ1) is 14.2. The number of fused-ring (bicyclic) bond motifs is 1. The molecule has 1 aromatic carbocycles. The van der Waals surface area contributed by atoms with Crippen molar-refractivity contribution in [1.82, 2.24) is 10.2 Å². The van der Waals surface area contributed by atoms with E-state index in [2.05, 4.69) is 21.6 Å². The van der Waals surface area contributed by atoms with Crippen molar-refractivity contribution in [1.29, 1.82) is 5.26 Å². The lowest BCUT2D eigenvalue weighted by molar-refractivity contribution is 0.0366. The summed E-state index contributed by atoms with van der Waals surface area (Å²) in [4.78, 5) is 0. The molecule has 0 aliphatic carbocycles.